The third-order valence-corrected chi connectivity index (χ3v) is 5.51. The predicted molar refractivity (Wildman–Crippen MR) is 126 cm³/mol. The Balaban J connectivity index is 2.87. The molecule has 0 fully saturated rings. The minimum atomic E-state index is -0.957. The highest BCUT2D eigenvalue weighted by atomic mass is 16.4. The zero-order chi connectivity index (χ0) is 23.3. The molecule has 0 aliphatic rings. The molecule has 0 bridgehead atoms. The Bertz CT molecular complexity index is 896. The third-order valence-electron chi connectivity index (χ3n) is 5.51. The molecule has 0 saturated carbocycles. The summed E-state index contributed by atoms with van der Waals surface area (Å²) in [5, 5.41) is 20.3. The molecule has 1 amide bonds. The Kier molecular flexibility index (Phi) is 8.24. The maximum Gasteiger partial charge on any atom is 0.408 e. The largest absolute Gasteiger partial charge is 0.465 e. The van der Waals surface area contributed by atoms with Gasteiger partial charge in [0.25, 0.3) is 0 Å². The Morgan fingerprint density at radius 1 is 1.10 bits per heavy atom. The van der Waals surface area contributed by atoms with Gasteiger partial charge in [-0.1, -0.05) is 57.0 Å². The molecule has 0 atom stereocenters. The number of aliphatic hydroxyl groups excluding tert-OH is 1. The topological polar surface area (TPSA) is 73.7 Å². The lowest BCUT2D eigenvalue weighted by Crippen LogP contribution is -2.44. The molecule has 0 radical (unpaired) electrons. The summed E-state index contributed by atoms with van der Waals surface area (Å²) in [6.07, 6.45) is 1.51. The van der Waals surface area contributed by atoms with Crippen molar-refractivity contribution < 1.29 is 15.0 Å². The van der Waals surface area contributed by atoms with Crippen molar-refractivity contribution in [2.75, 3.05) is 0 Å². The molecule has 31 heavy (non-hydrogen) atoms. The van der Waals surface area contributed by atoms with Crippen LogP contribution in [0.3, 0.4) is 0 Å². The van der Waals surface area contributed by atoms with Crippen LogP contribution in [0.25, 0.3) is 11.1 Å². The number of aromatic nitrogens is 1. The Labute approximate surface area is 187 Å². The van der Waals surface area contributed by atoms with Crippen molar-refractivity contribution in [3.8, 4) is 11.1 Å². The van der Waals surface area contributed by atoms with Crippen LogP contribution in [0.1, 0.15) is 76.0 Å². The van der Waals surface area contributed by atoms with Gasteiger partial charge in [-0.3, -0.25) is 9.88 Å². The summed E-state index contributed by atoms with van der Waals surface area (Å²) in [5.41, 5.74) is 6.08. The lowest BCUT2D eigenvalue weighted by Gasteiger charge is -2.35. The van der Waals surface area contributed by atoms with E-state index in [4.69, 9.17) is 4.98 Å². The van der Waals surface area contributed by atoms with E-state index in [-0.39, 0.29) is 13.2 Å². The molecule has 0 spiro atoms. The molecular formula is C26H38N2O3. The number of rotatable bonds is 8. The molecule has 170 valence electrons. The van der Waals surface area contributed by atoms with E-state index in [0.29, 0.717) is 5.92 Å². The maximum absolute atomic E-state index is 12.2. The number of aliphatic hydroxyl groups is 1. The first-order valence-corrected chi connectivity index (χ1v) is 11.2. The van der Waals surface area contributed by atoms with Crippen LogP contribution in [0.15, 0.2) is 24.3 Å². The van der Waals surface area contributed by atoms with Gasteiger partial charge < -0.3 is 10.2 Å². The van der Waals surface area contributed by atoms with Crippen LogP contribution in [-0.2, 0) is 26.0 Å². The molecular weight excluding hydrogens is 388 g/mol. The summed E-state index contributed by atoms with van der Waals surface area (Å²) in [7, 11) is 0. The number of nitrogens with zero attached hydrogens (tertiary/aromatic N) is 2. The Hall–Kier alpha value is -2.40. The van der Waals surface area contributed by atoms with Gasteiger partial charge in [0.1, 0.15) is 0 Å². The van der Waals surface area contributed by atoms with E-state index < -0.39 is 11.6 Å². The van der Waals surface area contributed by atoms with Crippen LogP contribution in [0, 0.1) is 12.8 Å². The summed E-state index contributed by atoms with van der Waals surface area (Å²) in [6, 6.07) is 8.23. The van der Waals surface area contributed by atoms with Crippen molar-refractivity contribution in [1.82, 2.24) is 9.88 Å². The van der Waals surface area contributed by atoms with Crippen LogP contribution < -0.4 is 0 Å². The van der Waals surface area contributed by atoms with Gasteiger partial charge in [-0.25, -0.2) is 4.79 Å². The van der Waals surface area contributed by atoms with Crippen molar-refractivity contribution in [1.29, 1.82) is 0 Å². The quantitative estimate of drug-likeness (QED) is 0.545. The summed E-state index contributed by atoms with van der Waals surface area (Å²) in [5.74, 6) is 0.375. The number of pyridine rings is 1. The Morgan fingerprint density at radius 3 is 2.16 bits per heavy atom. The van der Waals surface area contributed by atoms with Crippen LogP contribution in [-0.4, -0.2) is 31.7 Å². The van der Waals surface area contributed by atoms with Gasteiger partial charge in [-0.2, -0.15) is 0 Å². The second-order valence-electron chi connectivity index (χ2n) is 9.75. The van der Waals surface area contributed by atoms with Crippen LogP contribution >= 0.6 is 0 Å². The summed E-state index contributed by atoms with van der Waals surface area (Å²) in [4.78, 5) is 18.6. The number of amides is 1. The van der Waals surface area contributed by atoms with Crippen LogP contribution in [0.4, 0.5) is 4.79 Å². The van der Waals surface area contributed by atoms with Gasteiger partial charge >= 0.3 is 6.09 Å². The molecule has 2 rings (SSSR count). The maximum atomic E-state index is 12.2. The number of aryl methyl sites for hydroxylation is 2. The van der Waals surface area contributed by atoms with Gasteiger partial charge in [-0.15, -0.1) is 0 Å². The average Bonchev–Trinajstić information content (AvgIpc) is 2.66. The number of carbonyl (C=O) groups is 1. The zero-order valence-electron chi connectivity index (χ0n) is 20.1. The van der Waals surface area contributed by atoms with Gasteiger partial charge in [0.15, 0.2) is 0 Å². The van der Waals surface area contributed by atoms with Gasteiger partial charge in [0.2, 0.25) is 0 Å². The summed E-state index contributed by atoms with van der Waals surface area (Å²) >= 11 is 0. The second kappa shape index (κ2) is 10.3. The van der Waals surface area contributed by atoms with E-state index in [1.54, 1.807) is 0 Å². The number of hydrogen-bond donors (Lipinski definition) is 2. The molecule has 1 aromatic carbocycles. The molecule has 2 N–H and O–H groups in total. The Morgan fingerprint density at radius 2 is 1.71 bits per heavy atom. The van der Waals surface area contributed by atoms with Crippen molar-refractivity contribution in [2.24, 2.45) is 5.92 Å². The fourth-order valence-corrected chi connectivity index (χ4v) is 3.93. The average molecular weight is 427 g/mol. The van der Waals surface area contributed by atoms with Crippen molar-refractivity contribution >= 4 is 6.09 Å². The monoisotopic (exact) mass is 426 g/mol. The first kappa shape index (κ1) is 24.9. The fraction of sp³-hybridized carbons (Fsp3) is 0.538. The molecule has 5 nitrogen and oxygen atoms in total. The minimum Gasteiger partial charge on any atom is -0.465 e. The van der Waals surface area contributed by atoms with Crippen LogP contribution in [0.5, 0.6) is 0 Å². The van der Waals surface area contributed by atoms with Crippen molar-refractivity contribution in [3.63, 3.8) is 0 Å². The highest BCUT2D eigenvalue weighted by molar-refractivity contribution is 5.74. The van der Waals surface area contributed by atoms with E-state index >= 15 is 0 Å². The smallest absolute Gasteiger partial charge is 0.408 e. The van der Waals surface area contributed by atoms with E-state index in [1.165, 1.54) is 4.90 Å². The lowest BCUT2D eigenvalue weighted by atomic mass is 9.88. The molecule has 0 saturated heterocycles. The highest BCUT2D eigenvalue weighted by Gasteiger charge is 2.30. The number of benzene rings is 1. The standard InChI is InChI=1S/C26H38N2O3/c1-8-9-22-21(16-29)24(19-12-10-18(4)11-13-19)20(23(27-22)14-17(2)3)15-28(25(30)31)26(5,6)7/h10-13,17,29H,8-9,14-16H2,1-7H3,(H,30,31). The van der Waals surface area contributed by atoms with Crippen LogP contribution in [0.2, 0.25) is 0 Å². The predicted octanol–water partition coefficient (Wildman–Crippen LogP) is 5.98. The van der Waals surface area contributed by atoms with Crippen molar-refractivity contribution in [3.05, 3.63) is 52.3 Å². The molecule has 0 unspecified atom stereocenters. The first-order valence-electron chi connectivity index (χ1n) is 11.2. The molecule has 0 aliphatic heterocycles. The van der Waals surface area contributed by atoms with E-state index in [1.807, 2.05) is 27.7 Å². The number of hydrogen-bond acceptors (Lipinski definition) is 3. The third kappa shape index (κ3) is 6.07. The van der Waals surface area contributed by atoms with Crippen molar-refractivity contribution in [2.45, 2.75) is 86.4 Å². The highest BCUT2D eigenvalue weighted by Crippen LogP contribution is 2.35. The normalized spacial score (nSPS) is 11.8. The first-order chi connectivity index (χ1) is 14.5. The molecule has 0 aliphatic carbocycles. The van der Waals surface area contributed by atoms with Gasteiger partial charge in [0.05, 0.1) is 13.2 Å². The van der Waals surface area contributed by atoms with Gasteiger partial charge in [-0.05, 0) is 57.6 Å². The minimum absolute atomic E-state index is 0.122. The second-order valence-corrected chi connectivity index (χ2v) is 9.75. The molecule has 5 heteroatoms. The summed E-state index contributed by atoms with van der Waals surface area (Å²) in [6.45, 7) is 14.3. The SMILES string of the molecule is CCCc1nc(CC(C)C)c(CN(C(=O)O)C(C)(C)C)c(-c2ccc(C)cc2)c1CO. The number of carboxylic acid groups (broad SMARTS) is 1. The van der Waals surface area contributed by atoms with Gasteiger partial charge in [0, 0.05) is 28.1 Å². The van der Waals surface area contributed by atoms with E-state index in [0.717, 1.165) is 58.5 Å². The molecule has 1 heterocycles. The molecule has 2 aromatic rings. The molecule has 1 aromatic heterocycles. The lowest BCUT2D eigenvalue weighted by molar-refractivity contribution is 0.0953. The zero-order valence-corrected chi connectivity index (χ0v) is 20.1. The van der Waals surface area contributed by atoms with E-state index in [2.05, 4.69) is 45.0 Å². The fourth-order valence-electron chi connectivity index (χ4n) is 3.93. The van der Waals surface area contributed by atoms with E-state index in [9.17, 15) is 15.0 Å². The summed E-state index contributed by atoms with van der Waals surface area (Å²) < 4.78 is 0.